The van der Waals surface area contributed by atoms with Crippen LogP contribution in [0.2, 0.25) is 0 Å². The number of fused-ring (bicyclic) bond motifs is 1. The smallest absolute Gasteiger partial charge is 0.260 e. The maximum atomic E-state index is 12.6. The van der Waals surface area contributed by atoms with Crippen LogP contribution in [0.1, 0.15) is 5.76 Å². The monoisotopic (exact) mass is 338 g/mol. The predicted octanol–water partition coefficient (Wildman–Crippen LogP) is 4.23. The molecule has 0 amide bonds. The van der Waals surface area contributed by atoms with Crippen molar-refractivity contribution in [2.45, 2.75) is 6.92 Å². The molecule has 0 radical (unpaired) electrons. The number of methoxy groups -OCH3 is 1. The quantitative estimate of drug-likeness (QED) is 0.607. The minimum Gasteiger partial charge on any atom is -0.497 e. The van der Waals surface area contributed by atoms with Crippen LogP contribution in [0.3, 0.4) is 0 Å². The number of thiophene rings is 1. The average Bonchev–Trinajstić information content (AvgIpc) is 3.21. The molecule has 0 aliphatic carbocycles. The van der Waals surface area contributed by atoms with Crippen molar-refractivity contribution in [3.63, 3.8) is 0 Å². The minimum atomic E-state index is -0.170. The fourth-order valence-corrected chi connectivity index (χ4v) is 3.56. The van der Waals surface area contributed by atoms with Crippen LogP contribution >= 0.6 is 11.3 Å². The highest BCUT2D eigenvalue weighted by Gasteiger charge is 2.15. The molecule has 4 rings (SSSR count). The Balaban J connectivity index is 1.86. The molecule has 0 aliphatic rings. The number of rotatable bonds is 3. The van der Waals surface area contributed by atoms with Gasteiger partial charge in [-0.2, -0.15) is 0 Å². The summed E-state index contributed by atoms with van der Waals surface area (Å²) in [5.41, 5.74) is 1.65. The van der Waals surface area contributed by atoms with Crippen LogP contribution in [0, 0.1) is 6.92 Å². The van der Waals surface area contributed by atoms with E-state index in [1.54, 1.807) is 13.2 Å². The molecule has 0 unspecified atom stereocenters. The van der Waals surface area contributed by atoms with Crippen LogP contribution in [0.15, 0.2) is 51.0 Å². The van der Waals surface area contributed by atoms with Crippen LogP contribution in [0.4, 0.5) is 0 Å². The normalized spacial score (nSPS) is 11.1. The molecule has 0 atom stereocenters. The number of aryl methyl sites for hydroxylation is 1. The van der Waals surface area contributed by atoms with Gasteiger partial charge in [0.1, 0.15) is 16.3 Å². The lowest BCUT2D eigenvalue weighted by Crippen LogP contribution is -2.08. The van der Waals surface area contributed by atoms with E-state index in [0.717, 1.165) is 22.6 Å². The van der Waals surface area contributed by atoms with E-state index in [2.05, 4.69) is 9.97 Å². The standard InChI is InChI=1S/C18H14N2O3S/c1-10-3-8-14(23-10)16-19-17(21)15-13(9-24-18(15)20-16)11-4-6-12(22-2)7-5-11/h3-9H,1-2H3,(H,19,20,21). The van der Waals surface area contributed by atoms with Crippen LogP contribution in [-0.2, 0) is 0 Å². The van der Waals surface area contributed by atoms with Gasteiger partial charge in [0.05, 0.1) is 12.5 Å². The van der Waals surface area contributed by atoms with Crippen molar-refractivity contribution in [2.24, 2.45) is 0 Å². The van der Waals surface area contributed by atoms with Crippen molar-refractivity contribution in [2.75, 3.05) is 7.11 Å². The molecule has 1 aromatic carbocycles. The Morgan fingerprint density at radius 1 is 1.17 bits per heavy atom. The van der Waals surface area contributed by atoms with E-state index in [1.807, 2.05) is 42.6 Å². The largest absolute Gasteiger partial charge is 0.497 e. The topological polar surface area (TPSA) is 68.1 Å². The molecule has 6 heteroatoms. The lowest BCUT2D eigenvalue weighted by molar-refractivity contribution is 0.415. The Bertz CT molecular complexity index is 1070. The Morgan fingerprint density at radius 3 is 2.62 bits per heavy atom. The van der Waals surface area contributed by atoms with Crippen molar-refractivity contribution in [3.05, 3.63) is 57.9 Å². The molecule has 0 fully saturated rings. The highest BCUT2D eigenvalue weighted by atomic mass is 32.1. The Hall–Kier alpha value is -2.86. The molecule has 0 saturated carbocycles. The van der Waals surface area contributed by atoms with Crippen molar-refractivity contribution in [3.8, 4) is 28.5 Å². The van der Waals surface area contributed by atoms with Gasteiger partial charge in [-0.25, -0.2) is 4.98 Å². The van der Waals surface area contributed by atoms with Crippen LogP contribution in [-0.4, -0.2) is 17.1 Å². The summed E-state index contributed by atoms with van der Waals surface area (Å²) in [6.07, 6.45) is 0. The van der Waals surface area contributed by atoms with Gasteiger partial charge < -0.3 is 14.1 Å². The zero-order valence-electron chi connectivity index (χ0n) is 13.1. The zero-order chi connectivity index (χ0) is 16.7. The number of ether oxygens (including phenoxy) is 1. The first-order chi connectivity index (χ1) is 11.7. The average molecular weight is 338 g/mol. The molecule has 1 N–H and O–H groups in total. The Kier molecular flexibility index (Phi) is 3.46. The summed E-state index contributed by atoms with van der Waals surface area (Å²) >= 11 is 1.44. The van der Waals surface area contributed by atoms with Gasteiger partial charge in [0.25, 0.3) is 5.56 Å². The van der Waals surface area contributed by atoms with Gasteiger partial charge in [-0.1, -0.05) is 12.1 Å². The van der Waals surface area contributed by atoms with E-state index >= 15 is 0 Å². The number of hydrogen-bond donors (Lipinski definition) is 1. The molecule has 4 aromatic rings. The highest BCUT2D eigenvalue weighted by Crippen LogP contribution is 2.32. The van der Waals surface area contributed by atoms with Gasteiger partial charge in [0.2, 0.25) is 0 Å². The second-order valence-electron chi connectivity index (χ2n) is 5.38. The van der Waals surface area contributed by atoms with E-state index in [0.29, 0.717) is 21.8 Å². The first-order valence-electron chi connectivity index (χ1n) is 7.38. The predicted molar refractivity (Wildman–Crippen MR) is 94.7 cm³/mol. The molecule has 5 nitrogen and oxygen atoms in total. The van der Waals surface area contributed by atoms with Crippen LogP contribution in [0.5, 0.6) is 5.75 Å². The molecule has 24 heavy (non-hydrogen) atoms. The summed E-state index contributed by atoms with van der Waals surface area (Å²) in [6, 6.07) is 11.3. The molecule has 3 heterocycles. The summed E-state index contributed by atoms with van der Waals surface area (Å²) in [6.45, 7) is 1.85. The third kappa shape index (κ3) is 2.41. The lowest BCUT2D eigenvalue weighted by Gasteiger charge is -2.03. The molecule has 3 aromatic heterocycles. The number of nitrogens with zero attached hydrogens (tertiary/aromatic N) is 1. The minimum absolute atomic E-state index is 0.170. The van der Waals surface area contributed by atoms with E-state index in [1.165, 1.54) is 11.3 Å². The van der Waals surface area contributed by atoms with E-state index in [9.17, 15) is 4.79 Å². The third-order valence-corrected chi connectivity index (χ3v) is 4.69. The molecule has 0 saturated heterocycles. The number of benzene rings is 1. The maximum Gasteiger partial charge on any atom is 0.260 e. The SMILES string of the molecule is COc1ccc(-c2csc3nc(-c4ccc(C)o4)[nH]c(=O)c23)cc1. The Morgan fingerprint density at radius 2 is 1.96 bits per heavy atom. The fraction of sp³-hybridized carbons (Fsp3) is 0.111. The van der Waals surface area contributed by atoms with Gasteiger partial charge in [0.15, 0.2) is 11.6 Å². The second-order valence-corrected chi connectivity index (χ2v) is 6.24. The van der Waals surface area contributed by atoms with Crippen LogP contribution < -0.4 is 10.3 Å². The summed E-state index contributed by atoms with van der Waals surface area (Å²) in [5, 5.41) is 2.54. The number of nitrogens with one attached hydrogen (secondary N) is 1. The maximum absolute atomic E-state index is 12.6. The Labute approximate surface area is 141 Å². The van der Waals surface area contributed by atoms with E-state index in [4.69, 9.17) is 9.15 Å². The zero-order valence-corrected chi connectivity index (χ0v) is 13.9. The van der Waals surface area contributed by atoms with Crippen molar-refractivity contribution >= 4 is 21.6 Å². The summed E-state index contributed by atoms with van der Waals surface area (Å²) < 4.78 is 10.7. The summed E-state index contributed by atoms with van der Waals surface area (Å²) in [4.78, 5) is 20.7. The first kappa shape index (κ1) is 14.7. The van der Waals surface area contributed by atoms with Gasteiger partial charge in [0, 0.05) is 10.9 Å². The molecule has 120 valence electrons. The van der Waals surface area contributed by atoms with Gasteiger partial charge in [-0.15, -0.1) is 11.3 Å². The fourth-order valence-electron chi connectivity index (χ4n) is 2.61. The van der Waals surface area contributed by atoms with E-state index < -0.39 is 0 Å². The number of aromatic nitrogens is 2. The van der Waals surface area contributed by atoms with Crippen molar-refractivity contribution in [1.82, 2.24) is 9.97 Å². The molecular formula is C18H14N2O3S. The highest BCUT2D eigenvalue weighted by molar-refractivity contribution is 7.17. The number of aromatic amines is 1. The van der Waals surface area contributed by atoms with Gasteiger partial charge in [-0.05, 0) is 36.8 Å². The van der Waals surface area contributed by atoms with Crippen molar-refractivity contribution < 1.29 is 9.15 Å². The molecule has 0 bridgehead atoms. The molecule has 0 spiro atoms. The second kappa shape index (κ2) is 5.65. The summed E-state index contributed by atoms with van der Waals surface area (Å²) in [5.74, 6) is 2.56. The first-order valence-corrected chi connectivity index (χ1v) is 8.26. The van der Waals surface area contributed by atoms with Gasteiger partial charge in [-0.3, -0.25) is 4.79 Å². The summed E-state index contributed by atoms with van der Waals surface area (Å²) in [7, 11) is 1.63. The van der Waals surface area contributed by atoms with Crippen molar-refractivity contribution in [1.29, 1.82) is 0 Å². The van der Waals surface area contributed by atoms with Gasteiger partial charge >= 0.3 is 0 Å². The third-order valence-electron chi connectivity index (χ3n) is 3.82. The number of furan rings is 1. The van der Waals surface area contributed by atoms with Crippen LogP contribution in [0.25, 0.3) is 32.9 Å². The van der Waals surface area contributed by atoms with E-state index in [-0.39, 0.29) is 5.56 Å². The number of hydrogen-bond acceptors (Lipinski definition) is 5. The molecular weight excluding hydrogens is 324 g/mol. The number of H-pyrrole nitrogens is 1. The lowest BCUT2D eigenvalue weighted by atomic mass is 10.1. The molecule has 0 aliphatic heterocycles.